The zero-order valence-electron chi connectivity index (χ0n) is 9.74. The van der Waals surface area contributed by atoms with Crippen molar-refractivity contribution in [3.05, 3.63) is 33.3 Å². The van der Waals surface area contributed by atoms with Crippen LogP contribution in [0.4, 0.5) is 0 Å². The number of likely N-dealkylation sites (tertiary alicyclic amines) is 1. The van der Waals surface area contributed by atoms with Crippen LogP contribution in [0.15, 0.2) is 22.7 Å². The second-order valence-electron chi connectivity index (χ2n) is 4.27. The quantitative estimate of drug-likeness (QED) is 0.902. The van der Waals surface area contributed by atoms with Crippen LogP contribution in [-0.4, -0.2) is 36.3 Å². The maximum absolute atomic E-state index is 12.0. The van der Waals surface area contributed by atoms with Crippen molar-refractivity contribution < 1.29 is 9.59 Å². The summed E-state index contributed by atoms with van der Waals surface area (Å²) >= 11 is 9.28. The van der Waals surface area contributed by atoms with Crippen LogP contribution < -0.4 is 5.32 Å². The van der Waals surface area contributed by atoms with Gasteiger partial charge in [-0.1, -0.05) is 27.5 Å². The highest BCUT2D eigenvalue weighted by Crippen LogP contribution is 2.21. The van der Waals surface area contributed by atoms with Crippen molar-refractivity contribution in [2.45, 2.75) is 12.5 Å². The minimum atomic E-state index is -0.249. The van der Waals surface area contributed by atoms with Gasteiger partial charge in [-0.3, -0.25) is 9.59 Å². The molecule has 1 atom stereocenters. The van der Waals surface area contributed by atoms with Gasteiger partial charge in [0.05, 0.1) is 16.6 Å². The number of benzene rings is 1. The summed E-state index contributed by atoms with van der Waals surface area (Å²) in [5.74, 6) is -0.206. The van der Waals surface area contributed by atoms with Gasteiger partial charge < -0.3 is 10.2 Å². The third-order valence-electron chi connectivity index (χ3n) is 2.85. The first-order valence-corrected chi connectivity index (χ1v) is 6.64. The van der Waals surface area contributed by atoms with Crippen LogP contribution in [0.2, 0.25) is 5.02 Å². The largest absolute Gasteiger partial charge is 0.347 e. The summed E-state index contributed by atoms with van der Waals surface area (Å²) in [6, 6.07) is 4.94. The minimum Gasteiger partial charge on any atom is -0.347 e. The van der Waals surface area contributed by atoms with Crippen molar-refractivity contribution in [1.82, 2.24) is 10.2 Å². The van der Waals surface area contributed by atoms with E-state index in [0.29, 0.717) is 23.6 Å². The van der Waals surface area contributed by atoms with Gasteiger partial charge in [0.2, 0.25) is 5.91 Å². The molecule has 0 aliphatic carbocycles. The highest BCUT2D eigenvalue weighted by atomic mass is 79.9. The van der Waals surface area contributed by atoms with Gasteiger partial charge in [-0.05, 0) is 18.2 Å². The molecule has 4 nitrogen and oxygen atoms in total. The van der Waals surface area contributed by atoms with E-state index in [9.17, 15) is 9.59 Å². The average molecular weight is 332 g/mol. The molecule has 0 unspecified atom stereocenters. The molecule has 2 amide bonds. The topological polar surface area (TPSA) is 49.4 Å². The molecule has 1 aliphatic rings. The number of likely N-dealkylation sites (N-methyl/N-ethyl adjacent to an activating group) is 1. The second-order valence-corrected chi connectivity index (χ2v) is 5.60. The van der Waals surface area contributed by atoms with Crippen molar-refractivity contribution in [1.29, 1.82) is 0 Å². The smallest absolute Gasteiger partial charge is 0.253 e. The Labute approximate surface area is 118 Å². The summed E-state index contributed by atoms with van der Waals surface area (Å²) in [5.41, 5.74) is 0.418. The van der Waals surface area contributed by atoms with Crippen molar-refractivity contribution in [2.24, 2.45) is 0 Å². The Balaban J connectivity index is 2.06. The third-order valence-corrected chi connectivity index (χ3v) is 3.66. The summed E-state index contributed by atoms with van der Waals surface area (Å²) < 4.78 is 0.819. The molecule has 1 heterocycles. The minimum absolute atomic E-state index is 0.0437. The molecule has 96 valence electrons. The van der Waals surface area contributed by atoms with Gasteiger partial charge in [-0.15, -0.1) is 0 Å². The van der Waals surface area contributed by atoms with E-state index in [2.05, 4.69) is 21.2 Å². The Morgan fingerprint density at radius 2 is 2.28 bits per heavy atom. The van der Waals surface area contributed by atoms with Crippen LogP contribution in [0.1, 0.15) is 16.8 Å². The van der Waals surface area contributed by atoms with Crippen molar-refractivity contribution in [2.75, 3.05) is 13.6 Å². The standard InChI is InChI=1S/C12H12BrClN2O2/c1-16-6-8(5-11(16)17)15-12(18)9-3-2-7(13)4-10(9)14/h2-4,8H,5-6H2,1H3,(H,15,18)/t8-/m1/s1. The van der Waals surface area contributed by atoms with Gasteiger partial charge in [0.25, 0.3) is 5.91 Å². The number of hydrogen-bond acceptors (Lipinski definition) is 2. The average Bonchev–Trinajstić information content (AvgIpc) is 2.57. The first-order valence-electron chi connectivity index (χ1n) is 5.47. The number of nitrogens with zero attached hydrogens (tertiary/aromatic N) is 1. The Morgan fingerprint density at radius 3 is 2.83 bits per heavy atom. The van der Waals surface area contributed by atoms with Crippen LogP contribution in [-0.2, 0) is 4.79 Å². The van der Waals surface area contributed by atoms with Crippen LogP contribution in [0.5, 0.6) is 0 Å². The van der Waals surface area contributed by atoms with Gasteiger partial charge >= 0.3 is 0 Å². The summed E-state index contributed by atoms with van der Waals surface area (Å²) in [5, 5.41) is 3.20. The maximum Gasteiger partial charge on any atom is 0.253 e. The Morgan fingerprint density at radius 1 is 1.56 bits per heavy atom. The summed E-state index contributed by atoms with van der Waals surface area (Å²) in [6.07, 6.45) is 0.344. The summed E-state index contributed by atoms with van der Waals surface area (Å²) in [6.45, 7) is 0.540. The molecule has 18 heavy (non-hydrogen) atoms. The molecule has 0 bridgehead atoms. The zero-order valence-corrected chi connectivity index (χ0v) is 12.1. The Hall–Kier alpha value is -1.07. The van der Waals surface area contributed by atoms with E-state index >= 15 is 0 Å². The van der Waals surface area contributed by atoms with Crippen molar-refractivity contribution in [3.63, 3.8) is 0 Å². The molecule has 0 spiro atoms. The first kappa shape index (κ1) is 13.4. The molecule has 1 fully saturated rings. The Kier molecular flexibility index (Phi) is 3.92. The molecule has 6 heteroatoms. The number of halogens is 2. The first-order chi connectivity index (χ1) is 8.47. The monoisotopic (exact) mass is 330 g/mol. The van der Waals surface area contributed by atoms with E-state index < -0.39 is 0 Å². The molecule has 1 aromatic carbocycles. The number of amides is 2. The van der Waals surface area contributed by atoms with Crippen molar-refractivity contribution in [3.8, 4) is 0 Å². The van der Waals surface area contributed by atoms with Gasteiger partial charge in [0.15, 0.2) is 0 Å². The molecule has 1 N–H and O–H groups in total. The second kappa shape index (κ2) is 5.28. The maximum atomic E-state index is 12.0. The van der Waals surface area contributed by atoms with Gasteiger partial charge in [-0.2, -0.15) is 0 Å². The number of hydrogen-bond donors (Lipinski definition) is 1. The van der Waals surface area contributed by atoms with Gasteiger partial charge in [0.1, 0.15) is 0 Å². The zero-order chi connectivity index (χ0) is 13.3. The lowest BCUT2D eigenvalue weighted by Gasteiger charge is -2.13. The predicted molar refractivity (Wildman–Crippen MR) is 72.7 cm³/mol. The molecule has 1 saturated heterocycles. The molecule has 1 aromatic rings. The summed E-state index contributed by atoms with van der Waals surface area (Å²) in [7, 11) is 1.72. The van der Waals surface area contributed by atoms with E-state index in [1.807, 2.05) is 0 Å². The normalized spacial score (nSPS) is 19.2. The highest BCUT2D eigenvalue weighted by molar-refractivity contribution is 9.10. The van der Waals surface area contributed by atoms with E-state index in [1.165, 1.54) is 0 Å². The lowest BCUT2D eigenvalue weighted by Crippen LogP contribution is -2.36. The molecule has 0 radical (unpaired) electrons. The fourth-order valence-corrected chi connectivity index (χ4v) is 2.66. The van der Waals surface area contributed by atoms with Crippen LogP contribution in [0.25, 0.3) is 0 Å². The predicted octanol–water partition coefficient (Wildman–Crippen LogP) is 2.06. The SMILES string of the molecule is CN1C[C@H](NC(=O)c2ccc(Br)cc2Cl)CC1=O. The fraction of sp³-hybridized carbons (Fsp3) is 0.333. The van der Waals surface area contributed by atoms with E-state index in [0.717, 1.165) is 4.47 Å². The number of carbonyl (C=O) groups excluding carboxylic acids is 2. The number of rotatable bonds is 2. The number of carbonyl (C=O) groups is 2. The molecule has 0 aromatic heterocycles. The van der Waals surface area contributed by atoms with E-state index in [1.54, 1.807) is 30.1 Å². The van der Waals surface area contributed by atoms with Crippen LogP contribution in [0.3, 0.4) is 0 Å². The van der Waals surface area contributed by atoms with Gasteiger partial charge in [-0.25, -0.2) is 0 Å². The van der Waals surface area contributed by atoms with E-state index in [-0.39, 0.29) is 17.9 Å². The van der Waals surface area contributed by atoms with Gasteiger partial charge in [0, 0.05) is 24.5 Å². The molecule has 1 aliphatic heterocycles. The van der Waals surface area contributed by atoms with Crippen LogP contribution >= 0.6 is 27.5 Å². The van der Waals surface area contributed by atoms with Crippen LogP contribution in [0, 0.1) is 0 Å². The lowest BCUT2D eigenvalue weighted by atomic mass is 10.2. The fourth-order valence-electron chi connectivity index (χ4n) is 1.90. The molecular weight excluding hydrogens is 320 g/mol. The van der Waals surface area contributed by atoms with E-state index in [4.69, 9.17) is 11.6 Å². The third kappa shape index (κ3) is 2.84. The molecule has 2 rings (SSSR count). The Bertz CT molecular complexity index is 507. The van der Waals surface area contributed by atoms with Crippen molar-refractivity contribution >= 4 is 39.3 Å². The number of nitrogens with one attached hydrogen (secondary N) is 1. The molecule has 0 saturated carbocycles. The highest BCUT2D eigenvalue weighted by Gasteiger charge is 2.28. The lowest BCUT2D eigenvalue weighted by molar-refractivity contribution is -0.126. The summed E-state index contributed by atoms with van der Waals surface area (Å²) in [4.78, 5) is 25.0. The molecular formula is C12H12BrClN2O2.